The van der Waals surface area contributed by atoms with Crippen LogP contribution in [0.4, 0.5) is 5.69 Å². The quantitative estimate of drug-likeness (QED) is 0.718. The molecule has 0 aliphatic carbocycles. The summed E-state index contributed by atoms with van der Waals surface area (Å²) in [7, 11) is 0. The summed E-state index contributed by atoms with van der Waals surface area (Å²) in [5, 5.41) is 0.773. The minimum absolute atomic E-state index is 0.773. The Labute approximate surface area is 106 Å². The molecule has 0 saturated heterocycles. The molecular formula is C15H12ClN. The molecule has 0 radical (unpaired) electrons. The normalized spacial score (nSPS) is 13.6. The molecule has 0 saturated carbocycles. The highest BCUT2D eigenvalue weighted by molar-refractivity contribution is 6.30. The fourth-order valence-corrected chi connectivity index (χ4v) is 2.26. The lowest BCUT2D eigenvalue weighted by Crippen LogP contribution is -2.18. The van der Waals surface area contributed by atoms with E-state index >= 15 is 0 Å². The molecule has 0 unspecified atom stereocenters. The molecule has 1 aliphatic rings. The summed E-state index contributed by atoms with van der Waals surface area (Å²) in [6.45, 7) is 0.896. The molecule has 84 valence electrons. The van der Waals surface area contributed by atoms with Gasteiger partial charge in [-0.05, 0) is 35.4 Å². The molecule has 0 fully saturated rings. The number of hydrogen-bond donors (Lipinski definition) is 0. The van der Waals surface area contributed by atoms with Crippen LogP contribution in [0, 0.1) is 0 Å². The Morgan fingerprint density at radius 3 is 2.76 bits per heavy atom. The van der Waals surface area contributed by atoms with Crippen LogP contribution in [0.2, 0.25) is 5.02 Å². The van der Waals surface area contributed by atoms with Gasteiger partial charge in [-0.15, -0.1) is 0 Å². The van der Waals surface area contributed by atoms with Crippen molar-refractivity contribution in [1.82, 2.24) is 0 Å². The van der Waals surface area contributed by atoms with Crippen molar-refractivity contribution in [3.63, 3.8) is 0 Å². The van der Waals surface area contributed by atoms with Crippen LogP contribution in [-0.4, -0.2) is 0 Å². The van der Waals surface area contributed by atoms with Gasteiger partial charge < -0.3 is 4.90 Å². The summed E-state index contributed by atoms with van der Waals surface area (Å²) >= 11 is 6.01. The Balaban J connectivity index is 1.95. The molecule has 0 amide bonds. The first-order chi connectivity index (χ1) is 8.33. The van der Waals surface area contributed by atoms with Crippen LogP contribution >= 0.6 is 11.6 Å². The molecule has 2 aromatic rings. The van der Waals surface area contributed by atoms with Gasteiger partial charge in [0.05, 0.1) is 0 Å². The summed E-state index contributed by atoms with van der Waals surface area (Å²) in [5.74, 6) is 0. The van der Waals surface area contributed by atoms with Gasteiger partial charge in [0.2, 0.25) is 0 Å². The van der Waals surface area contributed by atoms with Crippen molar-refractivity contribution in [1.29, 1.82) is 0 Å². The van der Waals surface area contributed by atoms with Gasteiger partial charge in [0.25, 0.3) is 0 Å². The highest BCUT2D eigenvalue weighted by Gasteiger charge is 2.11. The average Bonchev–Trinajstić information content (AvgIpc) is 2.38. The highest BCUT2D eigenvalue weighted by Crippen LogP contribution is 2.26. The maximum absolute atomic E-state index is 6.01. The van der Waals surface area contributed by atoms with Gasteiger partial charge in [-0.25, -0.2) is 0 Å². The van der Waals surface area contributed by atoms with Crippen LogP contribution in [0.1, 0.15) is 11.1 Å². The largest absolute Gasteiger partial charge is 0.343 e. The average molecular weight is 242 g/mol. The lowest BCUT2D eigenvalue weighted by Gasteiger charge is -2.25. The van der Waals surface area contributed by atoms with Crippen molar-refractivity contribution in [2.24, 2.45) is 0 Å². The molecule has 0 atom stereocenters. The first kappa shape index (κ1) is 10.4. The predicted molar refractivity (Wildman–Crippen MR) is 73.1 cm³/mol. The number of nitrogens with zero attached hydrogens (tertiary/aromatic N) is 1. The molecule has 2 aromatic carbocycles. The van der Waals surface area contributed by atoms with E-state index in [1.807, 2.05) is 18.2 Å². The summed E-state index contributed by atoms with van der Waals surface area (Å²) in [6.07, 6.45) is 4.24. The third-order valence-electron chi connectivity index (χ3n) is 2.97. The highest BCUT2D eigenvalue weighted by atomic mass is 35.5. The second-order valence-corrected chi connectivity index (χ2v) is 4.56. The zero-order valence-electron chi connectivity index (χ0n) is 9.31. The molecular weight excluding hydrogens is 230 g/mol. The van der Waals surface area contributed by atoms with E-state index in [1.165, 1.54) is 11.1 Å². The molecule has 0 aromatic heterocycles. The maximum atomic E-state index is 6.01. The van der Waals surface area contributed by atoms with Crippen molar-refractivity contribution >= 4 is 23.4 Å². The second kappa shape index (κ2) is 4.27. The van der Waals surface area contributed by atoms with E-state index in [2.05, 4.69) is 47.5 Å². The first-order valence-corrected chi connectivity index (χ1v) is 5.99. The van der Waals surface area contributed by atoms with Crippen LogP contribution in [0.25, 0.3) is 6.08 Å². The number of fused-ring (bicyclic) bond motifs is 1. The zero-order chi connectivity index (χ0) is 11.7. The van der Waals surface area contributed by atoms with Crippen molar-refractivity contribution in [2.45, 2.75) is 6.54 Å². The number of halogens is 1. The monoisotopic (exact) mass is 241 g/mol. The summed E-state index contributed by atoms with van der Waals surface area (Å²) in [6, 6.07) is 16.4. The fraction of sp³-hybridized carbons (Fsp3) is 0.0667. The second-order valence-electron chi connectivity index (χ2n) is 4.12. The zero-order valence-corrected chi connectivity index (χ0v) is 10.1. The SMILES string of the molecule is Clc1cccc(N2C=Cc3ccccc3C2)c1. The van der Waals surface area contributed by atoms with E-state index < -0.39 is 0 Å². The maximum Gasteiger partial charge on any atom is 0.0481 e. The van der Waals surface area contributed by atoms with Gasteiger partial charge in [-0.3, -0.25) is 0 Å². The molecule has 3 rings (SSSR count). The number of anilines is 1. The minimum Gasteiger partial charge on any atom is -0.343 e. The van der Waals surface area contributed by atoms with Gasteiger partial charge in [-0.1, -0.05) is 41.9 Å². The van der Waals surface area contributed by atoms with Crippen molar-refractivity contribution < 1.29 is 0 Å². The lowest BCUT2D eigenvalue weighted by atomic mass is 10.0. The smallest absolute Gasteiger partial charge is 0.0481 e. The van der Waals surface area contributed by atoms with Crippen molar-refractivity contribution in [3.8, 4) is 0 Å². The summed E-state index contributed by atoms with van der Waals surface area (Å²) in [5.41, 5.74) is 3.77. The van der Waals surface area contributed by atoms with E-state index in [4.69, 9.17) is 11.6 Å². The Morgan fingerprint density at radius 2 is 1.88 bits per heavy atom. The van der Waals surface area contributed by atoms with E-state index in [0.29, 0.717) is 0 Å². The van der Waals surface area contributed by atoms with Gasteiger partial charge in [0, 0.05) is 23.5 Å². The van der Waals surface area contributed by atoms with Crippen LogP contribution in [0.5, 0.6) is 0 Å². The molecule has 0 bridgehead atoms. The van der Waals surface area contributed by atoms with Gasteiger partial charge in [0.15, 0.2) is 0 Å². The fourth-order valence-electron chi connectivity index (χ4n) is 2.08. The van der Waals surface area contributed by atoms with Gasteiger partial charge >= 0.3 is 0 Å². The number of hydrogen-bond acceptors (Lipinski definition) is 1. The van der Waals surface area contributed by atoms with Crippen LogP contribution < -0.4 is 4.90 Å². The van der Waals surface area contributed by atoms with E-state index in [0.717, 1.165) is 17.3 Å². The van der Waals surface area contributed by atoms with E-state index in [1.54, 1.807) is 0 Å². The molecule has 17 heavy (non-hydrogen) atoms. The standard InChI is InChI=1S/C15H12ClN/c16-14-6-3-7-15(10-14)17-9-8-12-4-1-2-5-13(12)11-17/h1-10H,11H2. The van der Waals surface area contributed by atoms with Crippen LogP contribution in [-0.2, 0) is 6.54 Å². The van der Waals surface area contributed by atoms with Crippen molar-refractivity contribution in [2.75, 3.05) is 4.90 Å². The molecule has 1 heterocycles. The summed E-state index contributed by atoms with van der Waals surface area (Å²) < 4.78 is 0. The third-order valence-corrected chi connectivity index (χ3v) is 3.20. The molecule has 0 N–H and O–H groups in total. The van der Waals surface area contributed by atoms with E-state index in [-0.39, 0.29) is 0 Å². The Morgan fingerprint density at radius 1 is 1.00 bits per heavy atom. The number of benzene rings is 2. The van der Waals surface area contributed by atoms with E-state index in [9.17, 15) is 0 Å². The third kappa shape index (κ3) is 2.06. The number of rotatable bonds is 1. The van der Waals surface area contributed by atoms with Crippen LogP contribution in [0.3, 0.4) is 0 Å². The molecule has 1 aliphatic heterocycles. The van der Waals surface area contributed by atoms with Crippen LogP contribution in [0.15, 0.2) is 54.7 Å². The minimum atomic E-state index is 0.773. The predicted octanol–water partition coefficient (Wildman–Crippen LogP) is 4.33. The topological polar surface area (TPSA) is 3.24 Å². The molecule has 1 nitrogen and oxygen atoms in total. The Kier molecular flexibility index (Phi) is 2.62. The molecule has 0 spiro atoms. The van der Waals surface area contributed by atoms with Gasteiger partial charge in [-0.2, -0.15) is 0 Å². The van der Waals surface area contributed by atoms with Crippen molar-refractivity contribution in [3.05, 3.63) is 70.9 Å². The Bertz CT molecular complexity index is 575. The Hall–Kier alpha value is -1.73. The van der Waals surface area contributed by atoms with Gasteiger partial charge in [0.1, 0.15) is 0 Å². The molecule has 2 heteroatoms. The lowest BCUT2D eigenvalue weighted by molar-refractivity contribution is 0.954. The summed E-state index contributed by atoms with van der Waals surface area (Å²) in [4.78, 5) is 2.20. The first-order valence-electron chi connectivity index (χ1n) is 5.61.